The van der Waals surface area contributed by atoms with E-state index in [-0.39, 0.29) is 11.9 Å². The first-order valence-electron chi connectivity index (χ1n) is 6.35. The number of benzene rings is 1. The van der Waals surface area contributed by atoms with Gasteiger partial charge in [-0.25, -0.2) is 0 Å². The molecule has 20 heavy (non-hydrogen) atoms. The molecule has 0 aliphatic rings. The van der Waals surface area contributed by atoms with Crippen LogP contribution in [0.25, 0.3) is 0 Å². The Morgan fingerprint density at radius 3 is 2.70 bits per heavy atom. The molecule has 1 amide bonds. The van der Waals surface area contributed by atoms with Gasteiger partial charge in [-0.2, -0.15) is 0 Å². The minimum Gasteiger partial charge on any atom is -0.496 e. The van der Waals surface area contributed by atoms with Crippen LogP contribution in [0.15, 0.2) is 22.7 Å². The standard InChI is InChI=1S/C14H18BrNO4/c1-3-20-13(17)5-4-8-16-14(18)10-6-7-12(19-2)11(15)9-10/h6-7,9H,3-5,8H2,1-2H3,(H,16,18). The molecule has 0 radical (unpaired) electrons. The Bertz CT molecular complexity index is 476. The van der Waals surface area contributed by atoms with Crippen molar-refractivity contribution in [2.75, 3.05) is 20.3 Å². The summed E-state index contributed by atoms with van der Waals surface area (Å²) in [6.45, 7) is 2.58. The highest BCUT2D eigenvalue weighted by atomic mass is 79.9. The van der Waals surface area contributed by atoms with Crippen molar-refractivity contribution >= 4 is 27.8 Å². The van der Waals surface area contributed by atoms with E-state index < -0.39 is 0 Å². The van der Waals surface area contributed by atoms with E-state index in [0.29, 0.717) is 37.3 Å². The van der Waals surface area contributed by atoms with Crippen LogP contribution in [0, 0.1) is 0 Å². The molecular formula is C14H18BrNO4. The molecule has 1 N–H and O–H groups in total. The van der Waals surface area contributed by atoms with Crippen molar-refractivity contribution in [3.05, 3.63) is 28.2 Å². The van der Waals surface area contributed by atoms with E-state index in [9.17, 15) is 9.59 Å². The first-order valence-corrected chi connectivity index (χ1v) is 7.15. The van der Waals surface area contributed by atoms with Gasteiger partial charge in [0, 0.05) is 18.5 Å². The lowest BCUT2D eigenvalue weighted by Gasteiger charge is -2.07. The average molecular weight is 344 g/mol. The number of esters is 1. The number of nitrogens with one attached hydrogen (secondary N) is 1. The number of halogens is 1. The van der Waals surface area contributed by atoms with Crippen molar-refractivity contribution in [3.63, 3.8) is 0 Å². The molecular weight excluding hydrogens is 326 g/mol. The van der Waals surface area contributed by atoms with Crippen LogP contribution in [0.5, 0.6) is 5.75 Å². The van der Waals surface area contributed by atoms with Crippen LogP contribution in [-0.4, -0.2) is 32.1 Å². The van der Waals surface area contributed by atoms with E-state index in [1.165, 1.54) is 0 Å². The SMILES string of the molecule is CCOC(=O)CCCNC(=O)c1ccc(OC)c(Br)c1. The van der Waals surface area contributed by atoms with Gasteiger partial charge in [0.2, 0.25) is 0 Å². The molecule has 0 fully saturated rings. The van der Waals surface area contributed by atoms with Gasteiger partial charge in [-0.3, -0.25) is 9.59 Å². The number of methoxy groups -OCH3 is 1. The third-order valence-corrected chi connectivity index (χ3v) is 3.18. The first kappa shape index (κ1) is 16.5. The number of carbonyl (C=O) groups excluding carboxylic acids is 2. The molecule has 1 aromatic carbocycles. The van der Waals surface area contributed by atoms with Crippen LogP contribution in [0.3, 0.4) is 0 Å². The Kier molecular flexibility index (Phi) is 7.08. The monoisotopic (exact) mass is 343 g/mol. The van der Waals surface area contributed by atoms with Gasteiger partial charge in [0.15, 0.2) is 0 Å². The molecule has 0 aromatic heterocycles. The van der Waals surface area contributed by atoms with Gasteiger partial charge in [-0.1, -0.05) is 0 Å². The lowest BCUT2D eigenvalue weighted by atomic mass is 10.2. The van der Waals surface area contributed by atoms with E-state index in [1.807, 2.05) is 0 Å². The molecule has 1 aromatic rings. The second-order valence-corrected chi connectivity index (χ2v) is 4.87. The lowest BCUT2D eigenvalue weighted by Crippen LogP contribution is -2.25. The molecule has 110 valence electrons. The second kappa shape index (κ2) is 8.58. The van der Waals surface area contributed by atoms with Crippen LogP contribution < -0.4 is 10.1 Å². The lowest BCUT2D eigenvalue weighted by molar-refractivity contribution is -0.143. The minimum absolute atomic E-state index is 0.183. The van der Waals surface area contributed by atoms with Crippen molar-refractivity contribution in [2.24, 2.45) is 0 Å². The molecule has 0 spiro atoms. The summed E-state index contributed by atoms with van der Waals surface area (Å²) >= 11 is 3.33. The molecule has 5 nitrogen and oxygen atoms in total. The predicted octanol–water partition coefficient (Wildman–Crippen LogP) is 2.53. The molecule has 0 aliphatic carbocycles. The predicted molar refractivity (Wildman–Crippen MR) is 78.9 cm³/mol. The fraction of sp³-hybridized carbons (Fsp3) is 0.429. The van der Waals surface area contributed by atoms with Crippen LogP contribution in [0.1, 0.15) is 30.1 Å². The second-order valence-electron chi connectivity index (χ2n) is 4.01. The zero-order valence-electron chi connectivity index (χ0n) is 11.6. The topological polar surface area (TPSA) is 64.6 Å². The maximum atomic E-state index is 11.9. The average Bonchev–Trinajstić information content (AvgIpc) is 2.43. The van der Waals surface area contributed by atoms with E-state index in [4.69, 9.17) is 9.47 Å². The fourth-order valence-electron chi connectivity index (χ4n) is 1.58. The summed E-state index contributed by atoms with van der Waals surface area (Å²) in [4.78, 5) is 23.0. The summed E-state index contributed by atoms with van der Waals surface area (Å²) in [5.41, 5.74) is 0.536. The number of carbonyl (C=O) groups is 2. The van der Waals surface area contributed by atoms with Crippen LogP contribution >= 0.6 is 15.9 Å². The summed E-state index contributed by atoms with van der Waals surface area (Å²) in [5, 5.41) is 2.75. The maximum absolute atomic E-state index is 11.9. The zero-order chi connectivity index (χ0) is 15.0. The highest BCUT2D eigenvalue weighted by Crippen LogP contribution is 2.25. The van der Waals surface area contributed by atoms with Crippen LogP contribution in [0.2, 0.25) is 0 Å². The molecule has 0 atom stereocenters. The van der Waals surface area contributed by atoms with Gasteiger partial charge in [-0.15, -0.1) is 0 Å². The van der Waals surface area contributed by atoms with Crippen molar-refractivity contribution in [2.45, 2.75) is 19.8 Å². The normalized spacial score (nSPS) is 9.95. The highest BCUT2D eigenvalue weighted by Gasteiger charge is 2.09. The molecule has 1 rings (SSSR count). The summed E-state index contributed by atoms with van der Waals surface area (Å²) in [6.07, 6.45) is 0.863. The summed E-state index contributed by atoms with van der Waals surface area (Å²) < 4.78 is 10.6. The highest BCUT2D eigenvalue weighted by molar-refractivity contribution is 9.10. The zero-order valence-corrected chi connectivity index (χ0v) is 13.2. The smallest absolute Gasteiger partial charge is 0.305 e. The molecule has 0 saturated carbocycles. The maximum Gasteiger partial charge on any atom is 0.305 e. The van der Waals surface area contributed by atoms with E-state index >= 15 is 0 Å². The number of hydrogen-bond acceptors (Lipinski definition) is 4. The van der Waals surface area contributed by atoms with E-state index in [2.05, 4.69) is 21.2 Å². The Hall–Kier alpha value is -1.56. The van der Waals surface area contributed by atoms with Crippen molar-refractivity contribution < 1.29 is 19.1 Å². The molecule has 0 unspecified atom stereocenters. The van der Waals surface area contributed by atoms with Gasteiger partial charge in [-0.05, 0) is 47.5 Å². The van der Waals surface area contributed by atoms with Gasteiger partial charge in [0.1, 0.15) is 5.75 Å². The van der Waals surface area contributed by atoms with Crippen molar-refractivity contribution in [3.8, 4) is 5.75 Å². The number of rotatable bonds is 7. The molecule has 0 bridgehead atoms. The molecule has 0 heterocycles. The quantitative estimate of drug-likeness (QED) is 0.610. The Morgan fingerprint density at radius 2 is 2.10 bits per heavy atom. The largest absolute Gasteiger partial charge is 0.496 e. The fourth-order valence-corrected chi connectivity index (χ4v) is 2.12. The van der Waals surface area contributed by atoms with Crippen molar-refractivity contribution in [1.29, 1.82) is 0 Å². The Morgan fingerprint density at radius 1 is 1.35 bits per heavy atom. The van der Waals surface area contributed by atoms with E-state index in [0.717, 1.165) is 4.47 Å². The third kappa shape index (κ3) is 5.21. The van der Waals surface area contributed by atoms with Crippen LogP contribution in [0.4, 0.5) is 0 Å². The van der Waals surface area contributed by atoms with Gasteiger partial charge in [0.25, 0.3) is 5.91 Å². The Labute approximate surface area is 126 Å². The number of amides is 1. The molecule has 0 saturated heterocycles. The molecule has 0 aliphatic heterocycles. The Balaban J connectivity index is 2.39. The van der Waals surface area contributed by atoms with Crippen LogP contribution in [-0.2, 0) is 9.53 Å². The minimum atomic E-state index is -0.242. The van der Waals surface area contributed by atoms with E-state index in [1.54, 1.807) is 32.2 Å². The summed E-state index contributed by atoms with van der Waals surface area (Å²) in [7, 11) is 1.56. The van der Waals surface area contributed by atoms with Gasteiger partial charge < -0.3 is 14.8 Å². The number of hydrogen-bond donors (Lipinski definition) is 1. The molecule has 6 heteroatoms. The first-order chi connectivity index (χ1) is 9.58. The summed E-state index contributed by atoms with van der Waals surface area (Å²) in [5.74, 6) is 0.245. The van der Waals surface area contributed by atoms with Gasteiger partial charge in [0.05, 0.1) is 18.2 Å². The van der Waals surface area contributed by atoms with Crippen molar-refractivity contribution in [1.82, 2.24) is 5.32 Å². The van der Waals surface area contributed by atoms with Gasteiger partial charge >= 0.3 is 5.97 Å². The third-order valence-electron chi connectivity index (χ3n) is 2.56. The number of ether oxygens (including phenoxy) is 2. The summed E-state index contributed by atoms with van der Waals surface area (Å²) in [6, 6.07) is 5.10.